The van der Waals surface area contributed by atoms with Gasteiger partial charge in [0.05, 0.1) is 26.2 Å². The lowest BCUT2D eigenvalue weighted by atomic mass is 10.1. The fourth-order valence-electron chi connectivity index (χ4n) is 2.49. The second-order valence-electron chi connectivity index (χ2n) is 5.24. The highest BCUT2D eigenvalue weighted by molar-refractivity contribution is 4.87. The molecule has 0 bridgehead atoms. The highest BCUT2D eigenvalue weighted by Crippen LogP contribution is 2.14. The second-order valence-corrected chi connectivity index (χ2v) is 5.24. The topological polar surface area (TPSA) is 0 Å². The summed E-state index contributed by atoms with van der Waals surface area (Å²) in [5, 5.41) is 0. The Kier molecular flexibility index (Phi) is 8.64. The summed E-state index contributed by atoms with van der Waals surface area (Å²) in [4.78, 5) is 0. The van der Waals surface area contributed by atoms with Crippen molar-refractivity contribution in [2.24, 2.45) is 0 Å². The molecule has 0 aromatic rings. The molecule has 0 aliphatic rings. The zero-order valence-corrected chi connectivity index (χ0v) is 12.0. The van der Waals surface area contributed by atoms with Crippen LogP contribution in [0, 0.1) is 0 Å². The normalized spacial score (nSPS) is 14.8. The SMILES string of the molecule is C=C(C)CCC[N+](CC)(CCC)CCCC. The summed E-state index contributed by atoms with van der Waals surface area (Å²) in [7, 11) is 0. The van der Waals surface area contributed by atoms with Crippen LogP contribution in [0.1, 0.15) is 59.8 Å². The number of hydrogen-bond donors (Lipinski definition) is 0. The fraction of sp³-hybridized carbons (Fsp3) is 0.867. The number of allylic oxidation sites excluding steroid dienone is 1. The number of unbranched alkanes of at least 4 members (excludes halogenated alkanes) is 1. The van der Waals surface area contributed by atoms with Gasteiger partial charge in [-0.15, -0.1) is 6.58 Å². The minimum absolute atomic E-state index is 1.20. The average molecular weight is 226 g/mol. The van der Waals surface area contributed by atoms with Crippen molar-refractivity contribution in [1.82, 2.24) is 0 Å². The molecule has 1 heteroatoms. The Morgan fingerprint density at radius 2 is 1.56 bits per heavy atom. The lowest BCUT2D eigenvalue weighted by Crippen LogP contribution is -2.49. The largest absolute Gasteiger partial charge is 0.324 e. The molecule has 0 N–H and O–H groups in total. The van der Waals surface area contributed by atoms with E-state index in [-0.39, 0.29) is 0 Å². The molecular formula is C15H32N+. The van der Waals surface area contributed by atoms with Gasteiger partial charge >= 0.3 is 0 Å². The van der Waals surface area contributed by atoms with Gasteiger partial charge in [0, 0.05) is 6.42 Å². The minimum Gasteiger partial charge on any atom is -0.324 e. The van der Waals surface area contributed by atoms with Crippen molar-refractivity contribution >= 4 is 0 Å². The molecule has 0 aliphatic carbocycles. The van der Waals surface area contributed by atoms with E-state index in [1.165, 1.54) is 68.3 Å². The Bertz CT molecular complexity index is 186. The summed E-state index contributed by atoms with van der Waals surface area (Å²) in [6.07, 6.45) is 6.53. The lowest BCUT2D eigenvalue weighted by molar-refractivity contribution is -0.927. The highest BCUT2D eigenvalue weighted by atomic mass is 15.3. The quantitative estimate of drug-likeness (QED) is 0.383. The van der Waals surface area contributed by atoms with E-state index in [1.54, 1.807) is 0 Å². The standard InChI is InChI=1S/C15H32N/c1-6-9-13-16(8-3,12-7-2)14-10-11-15(4)5/h4,6-14H2,1-3,5H3/q+1. The van der Waals surface area contributed by atoms with Gasteiger partial charge in [0.25, 0.3) is 0 Å². The third-order valence-electron chi connectivity index (χ3n) is 3.59. The van der Waals surface area contributed by atoms with E-state index in [2.05, 4.69) is 34.3 Å². The molecule has 0 aliphatic heterocycles. The Hall–Kier alpha value is -0.300. The number of rotatable bonds is 10. The van der Waals surface area contributed by atoms with Gasteiger partial charge in [-0.2, -0.15) is 0 Å². The van der Waals surface area contributed by atoms with Gasteiger partial charge in [-0.3, -0.25) is 0 Å². The van der Waals surface area contributed by atoms with E-state index >= 15 is 0 Å². The Morgan fingerprint density at radius 1 is 0.938 bits per heavy atom. The van der Waals surface area contributed by atoms with Crippen molar-refractivity contribution in [3.8, 4) is 0 Å². The van der Waals surface area contributed by atoms with Crippen molar-refractivity contribution in [2.45, 2.75) is 59.8 Å². The summed E-state index contributed by atoms with van der Waals surface area (Å²) in [6.45, 7) is 18.5. The molecule has 0 heterocycles. The summed E-state index contributed by atoms with van der Waals surface area (Å²) >= 11 is 0. The number of hydrogen-bond acceptors (Lipinski definition) is 0. The van der Waals surface area contributed by atoms with Crippen LogP contribution >= 0.6 is 0 Å². The molecule has 96 valence electrons. The highest BCUT2D eigenvalue weighted by Gasteiger charge is 2.22. The molecule has 0 radical (unpaired) electrons. The van der Waals surface area contributed by atoms with Crippen LogP contribution in [0.4, 0.5) is 0 Å². The van der Waals surface area contributed by atoms with Gasteiger partial charge in [0.1, 0.15) is 0 Å². The molecule has 0 spiro atoms. The van der Waals surface area contributed by atoms with Gasteiger partial charge in [0.2, 0.25) is 0 Å². The first kappa shape index (κ1) is 15.7. The van der Waals surface area contributed by atoms with Crippen molar-refractivity contribution in [1.29, 1.82) is 0 Å². The van der Waals surface area contributed by atoms with Gasteiger partial charge in [0.15, 0.2) is 0 Å². The molecule has 1 unspecified atom stereocenters. The number of quaternary nitrogens is 1. The zero-order valence-electron chi connectivity index (χ0n) is 12.0. The first-order chi connectivity index (χ1) is 7.60. The Balaban J connectivity index is 4.19. The minimum atomic E-state index is 1.20. The number of nitrogens with zero attached hydrogens (tertiary/aromatic N) is 1. The molecule has 1 nitrogen and oxygen atoms in total. The molecular weight excluding hydrogens is 194 g/mol. The second kappa shape index (κ2) is 8.81. The van der Waals surface area contributed by atoms with Gasteiger partial charge in [-0.05, 0) is 33.1 Å². The molecule has 0 rings (SSSR count). The maximum absolute atomic E-state index is 4.00. The lowest BCUT2D eigenvalue weighted by Gasteiger charge is -2.38. The van der Waals surface area contributed by atoms with Crippen LogP contribution in [-0.4, -0.2) is 30.7 Å². The molecule has 0 aromatic heterocycles. The van der Waals surface area contributed by atoms with Crippen LogP contribution in [0.25, 0.3) is 0 Å². The maximum Gasteiger partial charge on any atom is 0.0789 e. The third kappa shape index (κ3) is 6.32. The van der Waals surface area contributed by atoms with Crippen LogP contribution in [0.5, 0.6) is 0 Å². The van der Waals surface area contributed by atoms with Crippen LogP contribution in [-0.2, 0) is 0 Å². The molecule has 0 saturated carbocycles. The summed E-state index contributed by atoms with van der Waals surface area (Å²) in [5.74, 6) is 0. The summed E-state index contributed by atoms with van der Waals surface area (Å²) < 4.78 is 1.33. The van der Waals surface area contributed by atoms with E-state index < -0.39 is 0 Å². The van der Waals surface area contributed by atoms with E-state index in [0.717, 1.165) is 0 Å². The van der Waals surface area contributed by atoms with Crippen LogP contribution < -0.4 is 0 Å². The van der Waals surface area contributed by atoms with Gasteiger partial charge in [-0.1, -0.05) is 25.8 Å². The molecule has 0 saturated heterocycles. The van der Waals surface area contributed by atoms with Crippen molar-refractivity contribution in [3.05, 3.63) is 12.2 Å². The molecule has 0 fully saturated rings. The maximum atomic E-state index is 4.00. The van der Waals surface area contributed by atoms with Gasteiger partial charge in [-0.25, -0.2) is 0 Å². The van der Waals surface area contributed by atoms with Crippen LogP contribution in [0.15, 0.2) is 12.2 Å². The smallest absolute Gasteiger partial charge is 0.0789 e. The van der Waals surface area contributed by atoms with Crippen molar-refractivity contribution < 1.29 is 4.48 Å². The predicted octanol–water partition coefficient (Wildman–Crippen LogP) is 4.39. The fourth-order valence-corrected chi connectivity index (χ4v) is 2.49. The molecule has 0 amide bonds. The molecule has 1 atom stereocenters. The first-order valence-electron chi connectivity index (χ1n) is 7.09. The Labute approximate surface area is 103 Å². The molecule has 0 aromatic carbocycles. The van der Waals surface area contributed by atoms with E-state index in [4.69, 9.17) is 0 Å². The predicted molar refractivity (Wildman–Crippen MR) is 74.6 cm³/mol. The molecule has 16 heavy (non-hydrogen) atoms. The van der Waals surface area contributed by atoms with Crippen LogP contribution in [0.3, 0.4) is 0 Å². The summed E-state index contributed by atoms with van der Waals surface area (Å²) in [6, 6.07) is 0. The van der Waals surface area contributed by atoms with E-state index in [1.807, 2.05) is 0 Å². The van der Waals surface area contributed by atoms with Crippen molar-refractivity contribution in [2.75, 3.05) is 26.2 Å². The first-order valence-corrected chi connectivity index (χ1v) is 7.09. The average Bonchev–Trinajstić information content (AvgIpc) is 2.25. The Morgan fingerprint density at radius 3 is 2.00 bits per heavy atom. The summed E-state index contributed by atoms with van der Waals surface area (Å²) in [5.41, 5.74) is 1.33. The third-order valence-corrected chi connectivity index (χ3v) is 3.59. The van der Waals surface area contributed by atoms with Gasteiger partial charge < -0.3 is 4.48 Å². The van der Waals surface area contributed by atoms with E-state index in [9.17, 15) is 0 Å². The van der Waals surface area contributed by atoms with E-state index in [0.29, 0.717) is 0 Å². The van der Waals surface area contributed by atoms with Crippen molar-refractivity contribution in [3.63, 3.8) is 0 Å². The van der Waals surface area contributed by atoms with Crippen LogP contribution in [0.2, 0.25) is 0 Å². The zero-order chi connectivity index (χ0) is 12.4. The monoisotopic (exact) mass is 226 g/mol.